The molecule has 7 heteroatoms. The van der Waals surface area contributed by atoms with Crippen LogP contribution >= 0.6 is 11.3 Å². The first-order chi connectivity index (χ1) is 11.8. The van der Waals surface area contributed by atoms with Gasteiger partial charge < -0.3 is 14.8 Å². The average Bonchev–Trinajstić information content (AvgIpc) is 3.07. The van der Waals surface area contributed by atoms with Crippen LogP contribution in [0, 0.1) is 0 Å². The largest absolute Gasteiger partial charge is 0.445 e. The van der Waals surface area contributed by atoms with Crippen molar-refractivity contribution in [3.8, 4) is 0 Å². The zero-order valence-corrected chi connectivity index (χ0v) is 14.3. The first kappa shape index (κ1) is 16.9. The summed E-state index contributed by atoms with van der Waals surface area (Å²) in [4.78, 5) is 18.6. The Labute approximate surface area is 145 Å². The van der Waals surface area contributed by atoms with Crippen LogP contribution in [0.2, 0.25) is 0 Å². The van der Waals surface area contributed by atoms with E-state index in [-0.39, 0.29) is 6.61 Å². The van der Waals surface area contributed by atoms with Crippen LogP contribution in [0.15, 0.2) is 35.7 Å². The highest BCUT2D eigenvalue weighted by atomic mass is 32.1. The van der Waals surface area contributed by atoms with Crippen molar-refractivity contribution in [3.05, 3.63) is 52.0 Å². The first-order valence-electron chi connectivity index (χ1n) is 7.97. The van der Waals surface area contributed by atoms with E-state index < -0.39 is 6.09 Å². The number of nitrogens with zero attached hydrogens (tertiary/aromatic N) is 2. The van der Waals surface area contributed by atoms with Gasteiger partial charge in [0.2, 0.25) is 0 Å². The van der Waals surface area contributed by atoms with Crippen molar-refractivity contribution in [2.24, 2.45) is 0 Å². The lowest BCUT2D eigenvalue weighted by Crippen LogP contribution is -2.35. The van der Waals surface area contributed by atoms with Crippen LogP contribution in [0.5, 0.6) is 0 Å². The van der Waals surface area contributed by atoms with Crippen LogP contribution < -0.4 is 5.32 Å². The van der Waals surface area contributed by atoms with Crippen molar-refractivity contribution >= 4 is 17.4 Å². The minimum atomic E-state index is -0.427. The topological polar surface area (TPSA) is 63.7 Å². The van der Waals surface area contributed by atoms with Gasteiger partial charge in [-0.05, 0) is 5.56 Å². The molecule has 0 atom stereocenters. The minimum absolute atomic E-state index is 0.271. The lowest BCUT2D eigenvalue weighted by atomic mass is 10.2. The summed E-state index contributed by atoms with van der Waals surface area (Å²) in [6, 6.07) is 9.61. The van der Waals surface area contributed by atoms with Crippen molar-refractivity contribution in [2.45, 2.75) is 19.7 Å². The minimum Gasteiger partial charge on any atom is -0.445 e. The predicted molar refractivity (Wildman–Crippen MR) is 91.7 cm³/mol. The SMILES string of the molecule is O=C(NCc1nc(CN2CCOCC2)cs1)OCc1ccccc1. The fourth-order valence-electron chi connectivity index (χ4n) is 2.41. The van der Waals surface area contributed by atoms with Crippen LogP contribution in [0.25, 0.3) is 0 Å². The van der Waals surface area contributed by atoms with Gasteiger partial charge in [0.05, 0.1) is 25.5 Å². The summed E-state index contributed by atoms with van der Waals surface area (Å²) in [5.41, 5.74) is 2.01. The van der Waals surface area contributed by atoms with Crippen LogP contribution in [0.4, 0.5) is 4.79 Å². The maximum Gasteiger partial charge on any atom is 0.407 e. The van der Waals surface area contributed by atoms with Gasteiger partial charge in [-0.3, -0.25) is 4.90 Å². The van der Waals surface area contributed by atoms with Gasteiger partial charge in [-0.15, -0.1) is 11.3 Å². The number of thiazole rings is 1. The van der Waals surface area contributed by atoms with Crippen molar-refractivity contribution in [3.63, 3.8) is 0 Å². The average molecular weight is 347 g/mol. The molecule has 1 amide bonds. The van der Waals surface area contributed by atoms with Crippen LogP contribution in [-0.4, -0.2) is 42.3 Å². The second-order valence-corrected chi connectivity index (χ2v) is 6.48. The molecular weight excluding hydrogens is 326 g/mol. The van der Waals surface area contributed by atoms with Gasteiger partial charge in [0.25, 0.3) is 0 Å². The molecule has 1 saturated heterocycles. The smallest absolute Gasteiger partial charge is 0.407 e. The second kappa shape index (κ2) is 8.77. The molecule has 24 heavy (non-hydrogen) atoms. The van der Waals surface area contributed by atoms with E-state index >= 15 is 0 Å². The Morgan fingerprint density at radius 2 is 2.08 bits per heavy atom. The Bertz CT molecular complexity index is 642. The molecule has 2 aromatic rings. The quantitative estimate of drug-likeness (QED) is 0.869. The van der Waals surface area contributed by atoms with E-state index in [1.54, 1.807) is 11.3 Å². The summed E-state index contributed by atoms with van der Waals surface area (Å²) in [5.74, 6) is 0. The highest BCUT2D eigenvalue weighted by Gasteiger charge is 2.13. The third-order valence-electron chi connectivity index (χ3n) is 3.69. The number of ether oxygens (including phenoxy) is 2. The molecule has 0 saturated carbocycles. The first-order valence-corrected chi connectivity index (χ1v) is 8.85. The molecule has 2 heterocycles. The summed E-state index contributed by atoms with van der Waals surface area (Å²) in [6.07, 6.45) is -0.427. The van der Waals surface area contributed by atoms with E-state index in [9.17, 15) is 4.79 Å². The van der Waals surface area contributed by atoms with Crippen LogP contribution in [-0.2, 0) is 29.2 Å². The number of nitrogens with one attached hydrogen (secondary N) is 1. The fourth-order valence-corrected chi connectivity index (χ4v) is 3.14. The number of alkyl carbamates (subject to hydrolysis) is 1. The maximum atomic E-state index is 11.7. The Balaban J connectivity index is 1.39. The van der Waals surface area contributed by atoms with Gasteiger partial charge in [-0.2, -0.15) is 0 Å². The van der Waals surface area contributed by atoms with Crippen molar-refractivity contribution < 1.29 is 14.3 Å². The van der Waals surface area contributed by atoms with E-state index in [1.165, 1.54) is 0 Å². The molecule has 0 spiro atoms. The molecule has 0 bridgehead atoms. The Hall–Kier alpha value is -1.96. The van der Waals surface area contributed by atoms with Crippen molar-refractivity contribution in [1.82, 2.24) is 15.2 Å². The molecule has 0 radical (unpaired) electrons. The van der Waals surface area contributed by atoms with Gasteiger partial charge in [-0.1, -0.05) is 30.3 Å². The molecule has 128 valence electrons. The van der Waals surface area contributed by atoms with Crippen molar-refractivity contribution in [1.29, 1.82) is 0 Å². The number of hydrogen-bond donors (Lipinski definition) is 1. The monoisotopic (exact) mass is 347 g/mol. The molecule has 0 unspecified atom stereocenters. The van der Waals surface area contributed by atoms with Crippen molar-refractivity contribution in [2.75, 3.05) is 26.3 Å². The standard InChI is InChI=1S/C17H21N3O3S/c21-17(23-12-14-4-2-1-3-5-14)18-10-16-19-15(13-24-16)11-20-6-8-22-9-7-20/h1-5,13H,6-12H2,(H,18,21). The third kappa shape index (κ3) is 5.30. The van der Waals surface area contributed by atoms with Crippen LogP contribution in [0.1, 0.15) is 16.3 Å². The molecule has 1 aromatic heterocycles. The normalized spacial score (nSPS) is 15.2. The Morgan fingerprint density at radius 3 is 2.88 bits per heavy atom. The van der Waals surface area contributed by atoms with Gasteiger partial charge >= 0.3 is 6.09 Å². The van der Waals surface area contributed by atoms with Crippen LogP contribution in [0.3, 0.4) is 0 Å². The Morgan fingerprint density at radius 1 is 1.29 bits per heavy atom. The molecule has 6 nitrogen and oxygen atoms in total. The van der Waals surface area contributed by atoms with Gasteiger partial charge in [-0.25, -0.2) is 9.78 Å². The molecule has 3 rings (SSSR count). The molecule has 0 aliphatic carbocycles. The molecule has 1 N–H and O–H groups in total. The molecule has 1 aromatic carbocycles. The number of aromatic nitrogens is 1. The molecule has 1 fully saturated rings. The second-order valence-electron chi connectivity index (χ2n) is 5.54. The number of amides is 1. The zero-order valence-electron chi connectivity index (χ0n) is 13.4. The third-order valence-corrected chi connectivity index (χ3v) is 4.58. The van der Waals surface area contributed by atoms with Gasteiger partial charge in [0, 0.05) is 25.0 Å². The van der Waals surface area contributed by atoms with Gasteiger partial charge in [0.1, 0.15) is 11.6 Å². The predicted octanol–water partition coefficient (Wildman–Crippen LogP) is 2.40. The summed E-state index contributed by atoms with van der Waals surface area (Å²) >= 11 is 1.56. The van der Waals surface area contributed by atoms with E-state index in [4.69, 9.17) is 9.47 Å². The van der Waals surface area contributed by atoms with E-state index in [0.29, 0.717) is 6.54 Å². The summed E-state index contributed by atoms with van der Waals surface area (Å²) in [6.45, 7) is 4.94. The van der Waals surface area contributed by atoms with E-state index in [2.05, 4.69) is 15.2 Å². The fraction of sp³-hybridized carbons (Fsp3) is 0.412. The van der Waals surface area contributed by atoms with E-state index in [1.807, 2.05) is 35.7 Å². The zero-order chi connectivity index (χ0) is 16.6. The number of benzene rings is 1. The summed E-state index contributed by atoms with van der Waals surface area (Å²) in [5, 5.41) is 5.67. The highest BCUT2D eigenvalue weighted by Crippen LogP contribution is 2.12. The van der Waals surface area contributed by atoms with Gasteiger partial charge in [0.15, 0.2) is 0 Å². The maximum absolute atomic E-state index is 11.7. The number of morpholine rings is 1. The number of carbonyl (C=O) groups is 1. The highest BCUT2D eigenvalue weighted by molar-refractivity contribution is 7.09. The molecule has 1 aliphatic rings. The number of hydrogen-bond acceptors (Lipinski definition) is 6. The van der Waals surface area contributed by atoms with E-state index in [0.717, 1.165) is 49.1 Å². The lowest BCUT2D eigenvalue weighted by molar-refractivity contribution is 0.0337. The summed E-state index contributed by atoms with van der Waals surface area (Å²) < 4.78 is 10.5. The lowest BCUT2D eigenvalue weighted by Gasteiger charge is -2.25. The molecule has 1 aliphatic heterocycles. The Kier molecular flexibility index (Phi) is 6.17. The summed E-state index contributed by atoms with van der Waals surface area (Å²) in [7, 11) is 0. The number of carbonyl (C=O) groups excluding carboxylic acids is 1. The number of rotatable bonds is 6. The molecular formula is C17H21N3O3S.